The molecule has 3 aromatic rings. The van der Waals surface area contributed by atoms with Crippen LogP contribution in [0, 0.1) is 5.92 Å². The van der Waals surface area contributed by atoms with Crippen LogP contribution >= 0.6 is 0 Å². The zero-order chi connectivity index (χ0) is 31.6. The van der Waals surface area contributed by atoms with Gasteiger partial charge in [-0.2, -0.15) is 4.98 Å². The van der Waals surface area contributed by atoms with Crippen LogP contribution in [0.2, 0.25) is 0 Å². The SMILES string of the molecule is [2H]C([2H])([2H])NC(=O)c1nnc(NC(=O)C2CC2)cc1Nc1cccc(-c2nc(CN3CCN(C(C)=O)CC3=O)no2)c1OC. The van der Waals surface area contributed by atoms with Crippen LogP contribution in [-0.4, -0.2) is 87.5 Å². The van der Waals surface area contributed by atoms with E-state index < -0.39 is 12.9 Å². The maximum atomic E-state index is 12.8. The maximum Gasteiger partial charge on any atom is 0.273 e. The lowest BCUT2D eigenvalue weighted by Gasteiger charge is -2.33. The normalized spacial score (nSPS) is 16.3. The predicted molar refractivity (Wildman–Crippen MR) is 144 cm³/mol. The van der Waals surface area contributed by atoms with Gasteiger partial charge in [0.25, 0.3) is 11.8 Å². The van der Waals surface area contributed by atoms with Gasteiger partial charge in [-0.3, -0.25) is 19.2 Å². The molecule has 214 valence electrons. The number of nitrogens with one attached hydrogen (secondary N) is 3. The van der Waals surface area contributed by atoms with E-state index in [9.17, 15) is 19.2 Å². The fourth-order valence-electron chi connectivity index (χ4n) is 4.26. The molecule has 3 heterocycles. The van der Waals surface area contributed by atoms with E-state index in [0.29, 0.717) is 24.3 Å². The Bertz CT molecular complexity index is 1610. The molecule has 1 aromatic carbocycles. The third kappa shape index (κ3) is 6.08. The first-order chi connectivity index (χ1) is 20.9. The van der Waals surface area contributed by atoms with Gasteiger partial charge in [0.2, 0.25) is 17.7 Å². The average Bonchev–Trinajstić information content (AvgIpc) is 3.72. The number of para-hydroxylation sites is 1. The third-order valence-electron chi connectivity index (χ3n) is 6.61. The highest BCUT2D eigenvalue weighted by molar-refractivity contribution is 6.00. The summed E-state index contributed by atoms with van der Waals surface area (Å²) in [7, 11) is 1.41. The summed E-state index contributed by atoms with van der Waals surface area (Å²) in [6.07, 6.45) is 1.52. The minimum Gasteiger partial charge on any atom is -0.494 e. The Kier molecular flexibility index (Phi) is 6.71. The number of hydrogen-bond acceptors (Lipinski definition) is 11. The van der Waals surface area contributed by atoms with Crippen LogP contribution in [0.3, 0.4) is 0 Å². The maximum absolute atomic E-state index is 12.8. The minimum atomic E-state index is -2.78. The summed E-state index contributed by atoms with van der Waals surface area (Å²) < 4.78 is 33.3. The van der Waals surface area contributed by atoms with Crippen molar-refractivity contribution < 1.29 is 32.6 Å². The number of anilines is 3. The second kappa shape index (κ2) is 11.6. The number of benzene rings is 1. The van der Waals surface area contributed by atoms with Gasteiger partial charge >= 0.3 is 0 Å². The Balaban J connectivity index is 1.40. The van der Waals surface area contributed by atoms with Crippen molar-refractivity contribution in [2.45, 2.75) is 26.3 Å². The third-order valence-corrected chi connectivity index (χ3v) is 6.61. The summed E-state index contributed by atoms with van der Waals surface area (Å²) in [5.41, 5.74) is 0.391. The molecule has 0 unspecified atom stereocenters. The van der Waals surface area contributed by atoms with Crippen LogP contribution in [0.5, 0.6) is 5.75 Å². The van der Waals surface area contributed by atoms with E-state index in [-0.39, 0.29) is 71.4 Å². The number of amides is 4. The highest BCUT2D eigenvalue weighted by Gasteiger charge is 2.30. The molecular weight excluding hydrogens is 534 g/mol. The lowest BCUT2D eigenvalue weighted by Crippen LogP contribution is -2.51. The molecule has 3 N–H and O–H groups in total. The lowest BCUT2D eigenvalue weighted by atomic mass is 10.1. The van der Waals surface area contributed by atoms with Gasteiger partial charge in [-0.25, -0.2) is 0 Å². The first-order valence-electron chi connectivity index (χ1n) is 14.2. The molecule has 0 atom stereocenters. The molecule has 5 rings (SSSR count). The van der Waals surface area contributed by atoms with Crippen molar-refractivity contribution >= 4 is 40.8 Å². The van der Waals surface area contributed by atoms with Gasteiger partial charge in [-0.1, -0.05) is 11.2 Å². The number of ether oxygens (including phenoxy) is 1. The van der Waals surface area contributed by atoms with Crippen LogP contribution < -0.4 is 20.7 Å². The number of nitrogens with zero attached hydrogens (tertiary/aromatic N) is 6. The number of carbonyl (C=O) groups excluding carboxylic acids is 4. The lowest BCUT2D eigenvalue weighted by molar-refractivity contribution is -0.144. The van der Waals surface area contributed by atoms with Gasteiger partial charge in [0.15, 0.2) is 23.1 Å². The van der Waals surface area contributed by atoms with E-state index in [1.54, 1.807) is 18.2 Å². The number of carbonyl (C=O) groups is 4. The van der Waals surface area contributed by atoms with Crippen LogP contribution in [-0.2, 0) is 20.9 Å². The second-order valence-corrected chi connectivity index (χ2v) is 9.49. The molecule has 1 saturated heterocycles. The summed E-state index contributed by atoms with van der Waals surface area (Å²) in [6.45, 7) is -0.595. The van der Waals surface area contributed by atoms with Crippen molar-refractivity contribution in [3.05, 3.63) is 35.8 Å². The molecule has 15 nitrogen and oxygen atoms in total. The fourth-order valence-corrected chi connectivity index (χ4v) is 4.26. The van der Waals surface area contributed by atoms with Gasteiger partial charge in [-0.05, 0) is 25.0 Å². The van der Waals surface area contributed by atoms with Crippen LogP contribution in [0.4, 0.5) is 17.2 Å². The average molecular weight is 567 g/mol. The van der Waals surface area contributed by atoms with Crippen LogP contribution in [0.1, 0.15) is 40.2 Å². The number of methoxy groups -OCH3 is 1. The summed E-state index contributed by atoms with van der Waals surface area (Å²) >= 11 is 0. The van der Waals surface area contributed by atoms with Crippen LogP contribution in [0.15, 0.2) is 28.8 Å². The van der Waals surface area contributed by atoms with Crippen molar-refractivity contribution in [3.8, 4) is 17.2 Å². The minimum absolute atomic E-state index is 0.0240. The summed E-state index contributed by atoms with van der Waals surface area (Å²) in [6, 6.07) is 6.30. The standard InChI is InChI=1S/C26H29N9O6/c1-14(36)34-9-10-35(21(37)13-34)12-20-30-26(41-33-20)16-5-4-6-17(23(16)40-3)28-18-11-19(29-24(38)15-7-8-15)31-32-22(18)25(39)27-2/h4-6,11,15H,7-10,12-13H2,1-3H3,(H,27,39)(H2,28,29,31,38)/i2D3. The highest BCUT2D eigenvalue weighted by Crippen LogP contribution is 2.38. The Hall–Kier alpha value is -5.08. The highest BCUT2D eigenvalue weighted by atomic mass is 16.5. The van der Waals surface area contributed by atoms with E-state index in [1.807, 2.05) is 5.32 Å². The van der Waals surface area contributed by atoms with Gasteiger partial charge in [0.05, 0.1) is 37.1 Å². The summed E-state index contributed by atoms with van der Waals surface area (Å²) in [5.74, 6) is -1.17. The molecule has 0 radical (unpaired) electrons. The molecule has 15 heteroatoms. The monoisotopic (exact) mass is 566 g/mol. The van der Waals surface area contributed by atoms with Gasteiger partial charge in [0.1, 0.15) is 0 Å². The molecule has 0 spiro atoms. The molecule has 1 saturated carbocycles. The predicted octanol–water partition coefficient (Wildman–Crippen LogP) is 1.18. The Morgan fingerprint density at radius 1 is 1.20 bits per heavy atom. The molecule has 2 aliphatic rings. The largest absolute Gasteiger partial charge is 0.494 e. The zero-order valence-corrected chi connectivity index (χ0v) is 22.3. The molecule has 2 aromatic heterocycles. The van der Waals surface area contributed by atoms with Gasteiger partial charge < -0.3 is 35.0 Å². The van der Waals surface area contributed by atoms with Crippen molar-refractivity contribution in [1.29, 1.82) is 0 Å². The van der Waals surface area contributed by atoms with E-state index in [0.717, 1.165) is 12.8 Å². The molecule has 1 aliphatic heterocycles. The number of rotatable bonds is 9. The second-order valence-electron chi connectivity index (χ2n) is 9.49. The summed E-state index contributed by atoms with van der Waals surface area (Å²) in [5, 5.41) is 19.3. The van der Waals surface area contributed by atoms with E-state index in [2.05, 4.69) is 31.0 Å². The first-order valence-corrected chi connectivity index (χ1v) is 12.7. The smallest absolute Gasteiger partial charge is 0.273 e. The van der Waals surface area contributed by atoms with Crippen molar-refractivity contribution in [1.82, 2.24) is 35.5 Å². The van der Waals surface area contributed by atoms with Crippen molar-refractivity contribution in [2.75, 3.05) is 44.4 Å². The quantitative estimate of drug-likeness (QED) is 0.338. The van der Waals surface area contributed by atoms with Crippen molar-refractivity contribution in [3.63, 3.8) is 0 Å². The topological polar surface area (TPSA) is 185 Å². The molecular formula is C26H29N9O6. The fraction of sp³-hybridized carbons (Fsp3) is 0.385. The van der Waals surface area contributed by atoms with E-state index >= 15 is 0 Å². The van der Waals surface area contributed by atoms with Crippen LogP contribution in [0.25, 0.3) is 11.5 Å². The Labute approximate surface area is 238 Å². The molecule has 4 amide bonds. The number of piperazine rings is 1. The Morgan fingerprint density at radius 3 is 2.73 bits per heavy atom. The first kappa shape index (κ1) is 23.8. The van der Waals surface area contributed by atoms with Gasteiger partial charge in [-0.15, -0.1) is 10.2 Å². The number of aromatic nitrogens is 4. The Morgan fingerprint density at radius 2 is 2.02 bits per heavy atom. The van der Waals surface area contributed by atoms with Crippen molar-refractivity contribution in [2.24, 2.45) is 5.92 Å². The molecule has 1 aliphatic carbocycles. The molecule has 0 bridgehead atoms. The summed E-state index contributed by atoms with van der Waals surface area (Å²) in [4.78, 5) is 56.6. The van der Waals surface area contributed by atoms with Gasteiger partial charge in [0, 0.05) is 43.1 Å². The molecule has 2 fully saturated rings. The molecule has 41 heavy (non-hydrogen) atoms. The zero-order valence-electron chi connectivity index (χ0n) is 25.3. The van der Waals surface area contributed by atoms with E-state index in [1.165, 1.54) is 29.9 Å². The van der Waals surface area contributed by atoms with E-state index in [4.69, 9.17) is 13.4 Å². The number of hydrogen-bond donors (Lipinski definition) is 3.